The fraction of sp³-hybridized carbons (Fsp3) is 0.455. The van der Waals surface area contributed by atoms with E-state index < -0.39 is 0 Å². The Balaban J connectivity index is 1.43. The summed E-state index contributed by atoms with van der Waals surface area (Å²) < 4.78 is 5.53. The summed E-state index contributed by atoms with van der Waals surface area (Å²) in [6.07, 6.45) is 5.87. The quantitative estimate of drug-likeness (QED) is 0.737. The van der Waals surface area contributed by atoms with E-state index >= 15 is 0 Å². The smallest absolute Gasteiger partial charge is 0.275 e. The summed E-state index contributed by atoms with van der Waals surface area (Å²) in [7, 11) is 1.78. The number of piperazine rings is 1. The van der Waals surface area contributed by atoms with Gasteiger partial charge in [-0.1, -0.05) is 42.5 Å². The van der Waals surface area contributed by atoms with Crippen LogP contribution < -0.4 is 0 Å². The third-order valence-electron chi connectivity index (χ3n) is 5.16. The van der Waals surface area contributed by atoms with Gasteiger partial charge in [0.25, 0.3) is 5.91 Å². The lowest BCUT2D eigenvalue weighted by Crippen LogP contribution is -2.45. The highest BCUT2D eigenvalue weighted by Gasteiger charge is 2.21. The van der Waals surface area contributed by atoms with Crippen LogP contribution in [0.4, 0.5) is 0 Å². The van der Waals surface area contributed by atoms with Gasteiger partial charge in [-0.3, -0.25) is 14.6 Å². The van der Waals surface area contributed by atoms with Crippen LogP contribution in [0.2, 0.25) is 0 Å². The van der Waals surface area contributed by atoms with Crippen molar-refractivity contribution in [1.29, 1.82) is 0 Å². The average molecular weight is 383 g/mol. The summed E-state index contributed by atoms with van der Waals surface area (Å²) >= 11 is 0. The number of carbonyl (C=O) groups is 1. The van der Waals surface area contributed by atoms with Gasteiger partial charge in [0.2, 0.25) is 5.89 Å². The van der Waals surface area contributed by atoms with Crippen LogP contribution in [0, 0.1) is 0 Å². The van der Waals surface area contributed by atoms with Gasteiger partial charge in [-0.05, 0) is 19.4 Å². The van der Waals surface area contributed by atoms with E-state index in [0.717, 1.165) is 32.7 Å². The van der Waals surface area contributed by atoms with Gasteiger partial charge in [-0.2, -0.15) is 0 Å². The van der Waals surface area contributed by atoms with Crippen LogP contribution >= 0.6 is 0 Å². The monoisotopic (exact) mass is 382 g/mol. The van der Waals surface area contributed by atoms with Crippen molar-refractivity contribution in [3.05, 3.63) is 59.8 Å². The number of hydrogen-bond donors (Lipinski definition) is 0. The molecule has 6 heteroatoms. The molecular weight excluding hydrogens is 352 g/mol. The largest absolute Gasteiger partial charge is 0.447 e. The Morgan fingerprint density at radius 3 is 2.54 bits per heavy atom. The maximum Gasteiger partial charge on any atom is 0.275 e. The summed E-state index contributed by atoms with van der Waals surface area (Å²) in [4.78, 5) is 23.1. The zero-order valence-electron chi connectivity index (χ0n) is 17.0. The molecule has 1 aliphatic heterocycles. The van der Waals surface area contributed by atoms with Gasteiger partial charge >= 0.3 is 0 Å². The van der Waals surface area contributed by atoms with E-state index in [4.69, 9.17) is 4.42 Å². The Morgan fingerprint density at radius 1 is 1.18 bits per heavy atom. The van der Waals surface area contributed by atoms with Crippen molar-refractivity contribution in [2.24, 2.45) is 0 Å². The molecule has 1 fully saturated rings. The van der Waals surface area contributed by atoms with E-state index in [0.29, 0.717) is 18.1 Å². The summed E-state index contributed by atoms with van der Waals surface area (Å²) in [5.74, 6) is 0.512. The highest BCUT2D eigenvalue weighted by molar-refractivity contribution is 5.91. The minimum absolute atomic E-state index is 0.0972. The topological polar surface area (TPSA) is 52.8 Å². The molecule has 2 heterocycles. The summed E-state index contributed by atoms with van der Waals surface area (Å²) in [5.41, 5.74) is 1.62. The van der Waals surface area contributed by atoms with Gasteiger partial charge in [-0.15, -0.1) is 0 Å². The molecule has 0 unspecified atom stereocenters. The molecular formula is C22H30N4O2. The van der Waals surface area contributed by atoms with Gasteiger partial charge < -0.3 is 9.32 Å². The van der Waals surface area contributed by atoms with Crippen molar-refractivity contribution < 1.29 is 9.21 Å². The molecule has 0 saturated carbocycles. The lowest BCUT2D eigenvalue weighted by molar-refractivity contribution is 0.0749. The zero-order valence-corrected chi connectivity index (χ0v) is 17.0. The molecule has 0 N–H and O–H groups in total. The van der Waals surface area contributed by atoms with Gasteiger partial charge in [0.1, 0.15) is 6.26 Å². The number of rotatable bonds is 7. The fourth-order valence-corrected chi connectivity index (χ4v) is 3.12. The predicted molar refractivity (Wildman–Crippen MR) is 111 cm³/mol. The Morgan fingerprint density at radius 2 is 1.86 bits per heavy atom. The van der Waals surface area contributed by atoms with Crippen molar-refractivity contribution in [2.45, 2.75) is 26.4 Å². The number of aromatic nitrogens is 1. The fourth-order valence-electron chi connectivity index (χ4n) is 3.12. The van der Waals surface area contributed by atoms with Gasteiger partial charge in [0.15, 0.2) is 5.69 Å². The van der Waals surface area contributed by atoms with Gasteiger partial charge in [0, 0.05) is 45.8 Å². The molecule has 1 aromatic heterocycles. The molecule has 0 radical (unpaired) electrons. The van der Waals surface area contributed by atoms with E-state index in [1.165, 1.54) is 11.8 Å². The van der Waals surface area contributed by atoms with Crippen LogP contribution in [0.25, 0.3) is 6.08 Å². The number of amides is 1. The Kier molecular flexibility index (Phi) is 7.01. The lowest BCUT2D eigenvalue weighted by atomic mass is 10.2. The first-order valence-electron chi connectivity index (χ1n) is 9.91. The third kappa shape index (κ3) is 5.53. The second-order valence-electron chi connectivity index (χ2n) is 7.53. The van der Waals surface area contributed by atoms with Crippen LogP contribution in [0.3, 0.4) is 0 Å². The maximum absolute atomic E-state index is 12.3. The second kappa shape index (κ2) is 9.66. The number of carbonyl (C=O) groups excluding carboxylic acids is 1. The summed E-state index contributed by atoms with van der Waals surface area (Å²) in [6.45, 7) is 9.53. The first kappa shape index (κ1) is 20.3. The Bertz CT molecular complexity index is 777. The molecule has 0 spiro atoms. The van der Waals surface area contributed by atoms with Gasteiger partial charge in [-0.25, -0.2) is 4.98 Å². The molecule has 2 aromatic rings. The molecule has 0 atom stereocenters. The van der Waals surface area contributed by atoms with Gasteiger partial charge in [0.05, 0.1) is 6.54 Å². The van der Waals surface area contributed by atoms with E-state index in [1.54, 1.807) is 11.9 Å². The standard InChI is InChI=1S/C22H30N4O2/c1-18(2)24(3)22(27)20-17-28-21(23-20)16-26-14-12-25(13-15-26)11-7-10-19-8-5-4-6-9-19/h4-10,17-18H,11-16H2,1-3H3. The highest BCUT2D eigenvalue weighted by atomic mass is 16.3. The normalized spacial score (nSPS) is 16.1. The van der Waals surface area contributed by atoms with Crippen molar-refractivity contribution in [2.75, 3.05) is 39.8 Å². The first-order valence-corrected chi connectivity index (χ1v) is 9.91. The molecule has 150 valence electrons. The number of oxazole rings is 1. The third-order valence-corrected chi connectivity index (χ3v) is 5.16. The van der Waals surface area contributed by atoms with Crippen LogP contribution in [0.1, 0.15) is 35.8 Å². The van der Waals surface area contributed by atoms with E-state index in [9.17, 15) is 4.79 Å². The molecule has 1 amide bonds. The SMILES string of the molecule is CC(C)N(C)C(=O)c1coc(CN2CCN(CC=Cc3ccccc3)CC2)n1. The number of hydrogen-bond acceptors (Lipinski definition) is 5. The molecule has 1 aromatic carbocycles. The van der Waals surface area contributed by atoms with Crippen LogP contribution in [-0.2, 0) is 6.54 Å². The lowest BCUT2D eigenvalue weighted by Gasteiger charge is -2.33. The number of benzene rings is 1. The predicted octanol–water partition coefficient (Wildman–Crippen LogP) is 2.99. The molecule has 0 aliphatic carbocycles. The van der Waals surface area contributed by atoms with Crippen LogP contribution in [0.15, 0.2) is 47.1 Å². The Hall–Kier alpha value is -2.44. The van der Waals surface area contributed by atoms with Crippen LogP contribution in [0.5, 0.6) is 0 Å². The van der Waals surface area contributed by atoms with Crippen LogP contribution in [-0.4, -0.2) is 71.4 Å². The average Bonchev–Trinajstić information content (AvgIpc) is 3.17. The maximum atomic E-state index is 12.3. The van der Waals surface area contributed by atoms with Crippen molar-refractivity contribution in [3.63, 3.8) is 0 Å². The van der Waals surface area contributed by atoms with E-state index in [-0.39, 0.29) is 11.9 Å². The number of nitrogens with zero attached hydrogens (tertiary/aromatic N) is 4. The summed E-state index contributed by atoms with van der Waals surface area (Å²) in [6, 6.07) is 10.5. The molecule has 28 heavy (non-hydrogen) atoms. The minimum atomic E-state index is -0.0972. The molecule has 6 nitrogen and oxygen atoms in total. The second-order valence-corrected chi connectivity index (χ2v) is 7.53. The zero-order chi connectivity index (χ0) is 19.9. The molecule has 1 saturated heterocycles. The van der Waals surface area contributed by atoms with E-state index in [2.05, 4.69) is 51.2 Å². The minimum Gasteiger partial charge on any atom is -0.447 e. The Labute approximate surface area is 167 Å². The van der Waals surface area contributed by atoms with E-state index in [1.807, 2.05) is 19.9 Å². The van der Waals surface area contributed by atoms with Crippen molar-refractivity contribution in [3.8, 4) is 0 Å². The molecule has 0 bridgehead atoms. The highest BCUT2D eigenvalue weighted by Crippen LogP contribution is 2.11. The molecule has 1 aliphatic rings. The van der Waals surface area contributed by atoms with Crippen molar-refractivity contribution in [1.82, 2.24) is 19.7 Å². The van der Waals surface area contributed by atoms with Crippen molar-refractivity contribution >= 4 is 12.0 Å². The first-order chi connectivity index (χ1) is 13.5. The summed E-state index contributed by atoms with van der Waals surface area (Å²) in [5, 5.41) is 0. The molecule has 3 rings (SSSR count).